The van der Waals surface area contributed by atoms with Crippen LogP contribution in [0.3, 0.4) is 0 Å². The molecule has 1 fully saturated rings. The van der Waals surface area contributed by atoms with Gasteiger partial charge in [-0.05, 0) is 13.8 Å². The molecule has 1 saturated heterocycles. The number of hydrogen-bond donors (Lipinski definition) is 1. The first-order valence-electron chi connectivity index (χ1n) is 5.10. The van der Waals surface area contributed by atoms with Crippen molar-refractivity contribution in [2.75, 3.05) is 32.2 Å². The minimum absolute atomic E-state index is 0.0335. The van der Waals surface area contributed by atoms with Crippen molar-refractivity contribution in [3.8, 4) is 0 Å². The van der Waals surface area contributed by atoms with Gasteiger partial charge in [0.05, 0.1) is 31.3 Å². The topological polar surface area (TPSA) is 47.6 Å². The summed E-state index contributed by atoms with van der Waals surface area (Å²) >= 11 is 5.69. The average Bonchev–Trinajstić information content (AvgIpc) is 2.27. The lowest BCUT2D eigenvalue weighted by molar-refractivity contribution is -0.130. The quantitative estimate of drug-likeness (QED) is 0.733. The summed E-state index contributed by atoms with van der Waals surface area (Å²) in [7, 11) is 0. The van der Waals surface area contributed by atoms with Crippen molar-refractivity contribution in [3.05, 3.63) is 0 Å². The van der Waals surface area contributed by atoms with Gasteiger partial charge in [0.1, 0.15) is 0 Å². The highest BCUT2D eigenvalue weighted by atomic mass is 35.5. The third-order valence-electron chi connectivity index (χ3n) is 2.32. The zero-order valence-electron chi connectivity index (χ0n) is 9.22. The van der Waals surface area contributed by atoms with E-state index < -0.39 is 5.41 Å². The van der Waals surface area contributed by atoms with E-state index in [0.29, 0.717) is 32.2 Å². The fourth-order valence-corrected chi connectivity index (χ4v) is 1.28. The van der Waals surface area contributed by atoms with E-state index in [1.807, 2.05) is 13.8 Å². The van der Waals surface area contributed by atoms with E-state index in [1.165, 1.54) is 0 Å². The normalized spacial score (nSPS) is 22.5. The Kier molecular flexibility index (Phi) is 4.83. The van der Waals surface area contributed by atoms with Gasteiger partial charge in [-0.25, -0.2) is 0 Å². The number of nitrogens with one attached hydrogen (secondary N) is 1. The molecule has 0 spiro atoms. The number of carbonyl (C=O) groups is 1. The molecule has 0 aromatic heterocycles. The molecule has 0 saturated carbocycles. The molecule has 0 bridgehead atoms. The maximum atomic E-state index is 11.6. The second-order valence-electron chi connectivity index (χ2n) is 4.30. The summed E-state index contributed by atoms with van der Waals surface area (Å²) in [6.07, 6.45) is -0.0335. The summed E-state index contributed by atoms with van der Waals surface area (Å²) in [5, 5.41) is 2.82. The number of carbonyl (C=O) groups excluding carboxylic acids is 1. The zero-order chi connectivity index (χ0) is 11.3. The SMILES string of the molecule is CC(C)(CCl)C(=O)NCC1COCCO1. The maximum absolute atomic E-state index is 11.6. The fourth-order valence-electron chi connectivity index (χ4n) is 1.16. The van der Waals surface area contributed by atoms with Gasteiger partial charge in [-0.2, -0.15) is 0 Å². The van der Waals surface area contributed by atoms with Crippen molar-refractivity contribution in [3.63, 3.8) is 0 Å². The molecule has 1 aliphatic heterocycles. The minimum Gasteiger partial charge on any atom is -0.376 e. The van der Waals surface area contributed by atoms with Crippen molar-refractivity contribution >= 4 is 17.5 Å². The summed E-state index contributed by atoms with van der Waals surface area (Å²) in [5.74, 6) is 0.257. The lowest BCUT2D eigenvalue weighted by Gasteiger charge is -2.26. The lowest BCUT2D eigenvalue weighted by Crippen LogP contribution is -2.44. The molecule has 15 heavy (non-hydrogen) atoms. The van der Waals surface area contributed by atoms with Crippen LogP contribution in [0.4, 0.5) is 0 Å². The van der Waals surface area contributed by atoms with Crippen LogP contribution in [0.2, 0.25) is 0 Å². The van der Waals surface area contributed by atoms with E-state index in [1.54, 1.807) is 0 Å². The Balaban J connectivity index is 2.26. The van der Waals surface area contributed by atoms with E-state index in [9.17, 15) is 4.79 Å². The van der Waals surface area contributed by atoms with Crippen LogP contribution in [-0.2, 0) is 14.3 Å². The monoisotopic (exact) mass is 235 g/mol. The smallest absolute Gasteiger partial charge is 0.226 e. The van der Waals surface area contributed by atoms with Crippen LogP contribution in [0.5, 0.6) is 0 Å². The van der Waals surface area contributed by atoms with Crippen LogP contribution >= 0.6 is 11.6 Å². The molecule has 1 atom stereocenters. The van der Waals surface area contributed by atoms with Crippen LogP contribution in [0, 0.1) is 5.41 Å². The highest BCUT2D eigenvalue weighted by Gasteiger charge is 2.27. The Morgan fingerprint density at radius 2 is 2.27 bits per heavy atom. The molecule has 1 aliphatic rings. The number of ether oxygens (including phenoxy) is 2. The summed E-state index contributed by atoms with van der Waals surface area (Å²) < 4.78 is 10.6. The average molecular weight is 236 g/mol. The van der Waals surface area contributed by atoms with Crippen LogP contribution in [0.25, 0.3) is 0 Å². The van der Waals surface area contributed by atoms with Gasteiger partial charge in [0, 0.05) is 12.4 Å². The highest BCUT2D eigenvalue weighted by molar-refractivity contribution is 6.19. The van der Waals surface area contributed by atoms with Gasteiger partial charge >= 0.3 is 0 Å². The predicted molar refractivity (Wildman–Crippen MR) is 58.1 cm³/mol. The van der Waals surface area contributed by atoms with Gasteiger partial charge < -0.3 is 14.8 Å². The minimum atomic E-state index is -0.531. The third-order valence-corrected chi connectivity index (χ3v) is 2.99. The van der Waals surface area contributed by atoms with Crippen LogP contribution in [-0.4, -0.2) is 44.3 Å². The van der Waals surface area contributed by atoms with Gasteiger partial charge in [0.25, 0.3) is 0 Å². The van der Waals surface area contributed by atoms with E-state index in [0.717, 1.165) is 0 Å². The molecule has 0 aromatic carbocycles. The number of alkyl halides is 1. The Bertz CT molecular complexity index is 215. The molecule has 4 nitrogen and oxygen atoms in total. The number of amides is 1. The molecule has 1 N–H and O–H groups in total. The second kappa shape index (κ2) is 5.68. The first-order valence-corrected chi connectivity index (χ1v) is 5.63. The van der Waals surface area contributed by atoms with Crippen molar-refractivity contribution in [1.82, 2.24) is 5.32 Å². The van der Waals surface area contributed by atoms with E-state index >= 15 is 0 Å². The van der Waals surface area contributed by atoms with Crippen molar-refractivity contribution in [2.45, 2.75) is 20.0 Å². The van der Waals surface area contributed by atoms with E-state index in [4.69, 9.17) is 21.1 Å². The van der Waals surface area contributed by atoms with Gasteiger partial charge in [0.15, 0.2) is 0 Å². The summed E-state index contributed by atoms with van der Waals surface area (Å²) in [6, 6.07) is 0. The molecule has 1 heterocycles. The lowest BCUT2D eigenvalue weighted by atomic mass is 9.95. The number of rotatable bonds is 4. The Morgan fingerprint density at radius 1 is 1.53 bits per heavy atom. The van der Waals surface area contributed by atoms with E-state index in [-0.39, 0.29) is 12.0 Å². The third kappa shape index (κ3) is 3.97. The zero-order valence-corrected chi connectivity index (χ0v) is 9.97. The Labute approximate surface area is 95.3 Å². The molecule has 1 rings (SSSR count). The fraction of sp³-hybridized carbons (Fsp3) is 0.900. The van der Waals surface area contributed by atoms with Crippen molar-refractivity contribution < 1.29 is 14.3 Å². The predicted octanol–water partition coefficient (Wildman–Crippen LogP) is 0.783. The van der Waals surface area contributed by atoms with Crippen LogP contribution in [0.15, 0.2) is 0 Å². The molecule has 0 aromatic rings. The van der Waals surface area contributed by atoms with Crippen LogP contribution < -0.4 is 5.32 Å². The summed E-state index contributed by atoms with van der Waals surface area (Å²) in [4.78, 5) is 11.6. The molecular weight excluding hydrogens is 218 g/mol. The number of hydrogen-bond acceptors (Lipinski definition) is 3. The molecule has 0 aliphatic carbocycles. The second-order valence-corrected chi connectivity index (χ2v) is 4.56. The van der Waals surface area contributed by atoms with Gasteiger partial charge in [-0.15, -0.1) is 11.6 Å². The Hall–Kier alpha value is -0.320. The molecular formula is C10H18ClNO3. The number of halogens is 1. The molecule has 1 amide bonds. The molecule has 0 radical (unpaired) electrons. The first kappa shape index (κ1) is 12.7. The van der Waals surface area contributed by atoms with Crippen molar-refractivity contribution in [1.29, 1.82) is 0 Å². The standard InChI is InChI=1S/C10H18ClNO3/c1-10(2,7-11)9(13)12-5-8-6-14-3-4-15-8/h8H,3-7H2,1-2H3,(H,12,13). The van der Waals surface area contributed by atoms with Crippen molar-refractivity contribution in [2.24, 2.45) is 5.41 Å². The highest BCUT2D eigenvalue weighted by Crippen LogP contribution is 2.16. The summed E-state index contributed by atoms with van der Waals surface area (Å²) in [5.41, 5.74) is -0.531. The molecule has 88 valence electrons. The van der Waals surface area contributed by atoms with Crippen LogP contribution in [0.1, 0.15) is 13.8 Å². The van der Waals surface area contributed by atoms with Gasteiger partial charge in [-0.1, -0.05) is 0 Å². The van der Waals surface area contributed by atoms with E-state index in [2.05, 4.69) is 5.32 Å². The maximum Gasteiger partial charge on any atom is 0.226 e. The molecule has 5 heteroatoms. The summed E-state index contributed by atoms with van der Waals surface area (Å²) in [6.45, 7) is 5.89. The van der Waals surface area contributed by atoms with Gasteiger partial charge in [0.2, 0.25) is 5.91 Å². The first-order chi connectivity index (χ1) is 7.06. The molecule has 1 unspecified atom stereocenters. The largest absolute Gasteiger partial charge is 0.376 e. The van der Waals surface area contributed by atoms with Gasteiger partial charge in [-0.3, -0.25) is 4.79 Å². The Morgan fingerprint density at radius 3 is 2.80 bits per heavy atom.